The Morgan fingerprint density at radius 3 is 2.63 bits per heavy atom. The molecule has 0 fully saturated rings. The zero-order chi connectivity index (χ0) is 13.8. The molecule has 98 valence electrons. The van der Waals surface area contributed by atoms with Crippen molar-refractivity contribution in [1.29, 1.82) is 0 Å². The number of rotatable bonds is 4. The zero-order valence-corrected chi connectivity index (χ0v) is 11.8. The van der Waals surface area contributed by atoms with E-state index in [4.69, 9.17) is 0 Å². The Kier molecular flexibility index (Phi) is 4.11. The van der Waals surface area contributed by atoms with Crippen LogP contribution >= 0.6 is 15.9 Å². The molecular weight excluding hydrogens is 310 g/mol. The number of hydrogen-bond donors (Lipinski definition) is 1. The van der Waals surface area contributed by atoms with E-state index < -0.39 is 4.92 Å². The van der Waals surface area contributed by atoms with Crippen LogP contribution in [0.2, 0.25) is 0 Å². The standard InChI is InChI=1S/C13H12BrN3O2/c1-9-6-13(16-8-12(9)14)15-7-10-2-4-11(5-3-10)17(18)19/h2-6,8H,7H2,1H3,(H,15,16). The van der Waals surface area contributed by atoms with E-state index in [1.54, 1.807) is 18.3 Å². The Balaban J connectivity index is 2.01. The number of hydrogen-bond acceptors (Lipinski definition) is 4. The van der Waals surface area contributed by atoms with Crippen molar-refractivity contribution in [3.8, 4) is 0 Å². The number of aryl methyl sites for hydroxylation is 1. The first-order valence-electron chi connectivity index (χ1n) is 5.65. The number of nitrogens with one attached hydrogen (secondary N) is 1. The van der Waals surface area contributed by atoms with Gasteiger partial charge in [0.15, 0.2) is 0 Å². The van der Waals surface area contributed by atoms with Crippen molar-refractivity contribution in [1.82, 2.24) is 4.98 Å². The number of nitro groups is 1. The fourth-order valence-electron chi connectivity index (χ4n) is 1.56. The van der Waals surface area contributed by atoms with Crippen molar-refractivity contribution in [3.05, 3.63) is 62.2 Å². The number of nitro benzene ring substituents is 1. The third kappa shape index (κ3) is 3.51. The van der Waals surface area contributed by atoms with Gasteiger partial charge in [-0.2, -0.15) is 0 Å². The highest BCUT2D eigenvalue weighted by Crippen LogP contribution is 2.18. The smallest absolute Gasteiger partial charge is 0.269 e. The first-order chi connectivity index (χ1) is 9.06. The maximum Gasteiger partial charge on any atom is 0.269 e. The Morgan fingerprint density at radius 2 is 2.05 bits per heavy atom. The molecule has 0 atom stereocenters. The Bertz CT molecular complexity index is 599. The van der Waals surface area contributed by atoms with E-state index in [1.807, 2.05) is 13.0 Å². The minimum absolute atomic E-state index is 0.0985. The summed E-state index contributed by atoms with van der Waals surface area (Å²) in [6.07, 6.45) is 1.74. The zero-order valence-electron chi connectivity index (χ0n) is 10.3. The van der Waals surface area contributed by atoms with Crippen LogP contribution in [-0.2, 0) is 6.54 Å². The largest absolute Gasteiger partial charge is 0.366 e. The van der Waals surface area contributed by atoms with Crippen LogP contribution in [0.4, 0.5) is 11.5 Å². The van der Waals surface area contributed by atoms with Gasteiger partial charge in [-0.3, -0.25) is 10.1 Å². The van der Waals surface area contributed by atoms with Gasteiger partial charge in [0.1, 0.15) is 5.82 Å². The molecule has 0 bridgehead atoms. The van der Waals surface area contributed by atoms with Crippen molar-refractivity contribution < 1.29 is 4.92 Å². The van der Waals surface area contributed by atoms with Crippen LogP contribution < -0.4 is 5.32 Å². The number of aromatic nitrogens is 1. The van der Waals surface area contributed by atoms with Gasteiger partial charge in [0.05, 0.1) is 4.92 Å². The van der Waals surface area contributed by atoms with Gasteiger partial charge in [-0.05, 0) is 40.0 Å². The molecule has 0 saturated carbocycles. The summed E-state index contributed by atoms with van der Waals surface area (Å²) in [6, 6.07) is 8.40. The number of pyridine rings is 1. The quantitative estimate of drug-likeness (QED) is 0.689. The lowest BCUT2D eigenvalue weighted by atomic mass is 10.2. The van der Waals surface area contributed by atoms with Gasteiger partial charge < -0.3 is 5.32 Å². The van der Waals surface area contributed by atoms with Crippen LogP contribution in [0.1, 0.15) is 11.1 Å². The summed E-state index contributed by atoms with van der Waals surface area (Å²) in [7, 11) is 0. The predicted molar refractivity (Wildman–Crippen MR) is 77.1 cm³/mol. The summed E-state index contributed by atoms with van der Waals surface area (Å²) in [4.78, 5) is 14.4. The summed E-state index contributed by atoms with van der Waals surface area (Å²) in [5.41, 5.74) is 2.16. The molecule has 0 aliphatic heterocycles. The summed E-state index contributed by atoms with van der Waals surface area (Å²) >= 11 is 3.39. The number of halogens is 1. The minimum atomic E-state index is -0.406. The molecule has 0 spiro atoms. The van der Waals surface area contributed by atoms with Gasteiger partial charge in [0, 0.05) is 29.3 Å². The fraction of sp³-hybridized carbons (Fsp3) is 0.154. The fourth-order valence-corrected chi connectivity index (χ4v) is 1.78. The Morgan fingerprint density at radius 1 is 1.37 bits per heavy atom. The van der Waals surface area contributed by atoms with Gasteiger partial charge in [0.2, 0.25) is 0 Å². The summed E-state index contributed by atoms with van der Waals surface area (Å²) in [5, 5.41) is 13.7. The van der Waals surface area contributed by atoms with Crippen LogP contribution in [0.25, 0.3) is 0 Å². The van der Waals surface area contributed by atoms with Crippen LogP contribution in [-0.4, -0.2) is 9.91 Å². The summed E-state index contributed by atoms with van der Waals surface area (Å²) < 4.78 is 0.966. The van der Waals surface area contributed by atoms with Crippen molar-refractivity contribution in [2.24, 2.45) is 0 Å². The number of benzene rings is 1. The SMILES string of the molecule is Cc1cc(NCc2ccc([N+](=O)[O-])cc2)ncc1Br. The third-order valence-electron chi connectivity index (χ3n) is 2.67. The topological polar surface area (TPSA) is 68.1 Å². The van der Waals surface area contributed by atoms with Crippen LogP contribution in [0.5, 0.6) is 0 Å². The highest BCUT2D eigenvalue weighted by Gasteiger charge is 2.04. The summed E-state index contributed by atoms with van der Waals surface area (Å²) in [6.45, 7) is 2.56. The van der Waals surface area contributed by atoms with Crippen LogP contribution in [0.3, 0.4) is 0 Å². The molecule has 0 aliphatic carbocycles. The molecule has 1 aromatic carbocycles. The second-order valence-electron chi connectivity index (χ2n) is 4.10. The van der Waals surface area contributed by atoms with Crippen molar-refractivity contribution in [2.75, 3.05) is 5.32 Å². The lowest BCUT2D eigenvalue weighted by Gasteiger charge is -2.07. The second-order valence-corrected chi connectivity index (χ2v) is 4.95. The number of anilines is 1. The highest BCUT2D eigenvalue weighted by atomic mass is 79.9. The molecule has 1 aromatic heterocycles. The molecule has 2 rings (SSSR count). The lowest BCUT2D eigenvalue weighted by molar-refractivity contribution is -0.384. The van der Waals surface area contributed by atoms with Gasteiger partial charge >= 0.3 is 0 Å². The van der Waals surface area contributed by atoms with Crippen LogP contribution in [0.15, 0.2) is 41.0 Å². The molecular formula is C13H12BrN3O2. The minimum Gasteiger partial charge on any atom is -0.366 e. The van der Waals surface area contributed by atoms with Crippen molar-refractivity contribution >= 4 is 27.4 Å². The molecule has 0 saturated heterocycles. The number of non-ortho nitro benzene ring substituents is 1. The van der Waals surface area contributed by atoms with Gasteiger partial charge in [0.25, 0.3) is 5.69 Å². The first-order valence-corrected chi connectivity index (χ1v) is 6.45. The molecule has 0 radical (unpaired) electrons. The van der Waals surface area contributed by atoms with E-state index >= 15 is 0 Å². The number of nitrogens with zero attached hydrogens (tertiary/aromatic N) is 2. The maximum absolute atomic E-state index is 10.5. The Hall–Kier alpha value is -1.95. The molecule has 2 aromatic rings. The predicted octanol–water partition coefficient (Wildman–Crippen LogP) is 3.67. The van der Waals surface area contributed by atoms with Gasteiger partial charge in [-0.25, -0.2) is 4.98 Å². The normalized spacial score (nSPS) is 10.2. The average molecular weight is 322 g/mol. The Labute approximate surface area is 119 Å². The second kappa shape index (κ2) is 5.79. The van der Waals surface area contributed by atoms with E-state index in [-0.39, 0.29) is 5.69 Å². The molecule has 6 heteroatoms. The van der Waals surface area contributed by atoms with Crippen molar-refractivity contribution in [2.45, 2.75) is 13.5 Å². The average Bonchev–Trinajstić information content (AvgIpc) is 2.40. The molecule has 0 amide bonds. The maximum atomic E-state index is 10.5. The molecule has 0 unspecified atom stereocenters. The van der Waals surface area contributed by atoms with E-state index in [0.717, 1.165) is 21.4 Å². The first kappa shape index (κ1) is 13.5. The van der Waals surface area contributed by atoms with Crippen molar-refractivity contribution in [3.63, 3.8) is 0 Å². The van der Waals surface area contributed by atoms with E-state index in [0.29, 0.717) is 6.54 Å². The summed E-state index contributed by atoms with van der Waals surface area (Å²) in [5.74, 6) is 0.777. The molecule has 1 N–H and O–H groups in total. The third-order valence-corrected chi connectivity index (χ3v) is 3.50. The molecule has 19 heavy (non-hydrogen) atoms. The van der Waals surface area contributed by atoms with E-state index in [2.05, 4.69) is 26.2 Å². The van der Waals surface area contributed by atoms with Gasteiger partial charge in [-0.1, -0.05) is 12.1 Å². The lowest BCUT2D eigenvalue weighted by Crippen LogP contribution is -2.01. The molecule has 1 heterocycles. The van der Waals surface area contributed by atoms with E-state index in [9.17, 15) is 10.1 Å². The molecule has 5 nitrogen and oxygen atoms in total. The highest BCUT2D eigenvalue weighted by molar-refractivity contribution is 9.10. The van der Waals surface area contributed by atoms with Gasteiger partial charge in [-0.15, -0.1) is 0 Å². The van der Waals surface area contributed by atoms with Crippen LogP contribution in [0, 0.1) is 17.0 Å². The van der Waals surface area contributed by atoms with E-state index in [1.165, 1.54) is 12.1 Å². The molecule has 0 aliphatic rings. The monoisotopic (exact) mass is 321 g/mol.